The number of amides is 1. The van der Waals surface area contributed by atoms with E-state index in [1.165, 1.54) is 0 Å². The standard InChI is InChI=1S/C15H24N2O3/c1-3-4-8-14(16)15(18)17-12-6-5-7-13(11-12)20-10-9-19-2/h5-7,11,14H,3-4,8-10,16H2,1-2H3,(H,17,18). The van der Waals surface area contributed by atoms with Gasteiger partial charge in [0.25, 0.3) is 0 Å². The second kappa shape index (κ2) is 9.34. The number of hydrogen-bond acceptors (Lipinski definition) is 4. The second-order valence-electron chi connectivity index (χ2n) is 4.61. The first-order valence-electron chi connectivity index (χ1n) is 6.95. The number of nitrogens with two attached hydrogens (primary N) is 1. The van der Waals surface area contributed by atoms with Gasteiger partial charge >= 0.3 is 0 Å². The summed E-state index contributed by atoms with van der Waals surface area (Å²) in [5.41, 5.74) is 6.52. The Kier molecular flexibility index (Phi) is 7.69. The summed E-state index contributed by atoms with van der Waals surface area (Å²) in [5, 5.41) is 2.81. The average Bonchev–Trinajstić information content (AvgIpc) is 2.45. The summed E-state index contributed by atoms with van der Waals surface area (Å²) in [4.78, 5) is 11.9. The van der Waals surface area contributed by atoms with Crippen LogP contribution in [0.1, 0.15) is 26.2 Å². The fourth-order valence-electron chi connectivity index (χ4n) is 1.70. The van der Waals surface area contributed by atoms with E-state index in [0.717, 1.165) is 12.8 Å². The molecular weight excluding hydrogens is 256 g/mol. The van der Waals surface area contributed by atoms with E-state index >= 15 is 0 Å². The smallest absolute Gasteiger partial charge is 0.241 e. The Morgan fingerprint density at radius 1 is 1.40 bits per heavy atom. The molecule has 0 radical (unpaired) electrons. The van der Waals surface area contributed by atoms with Crippen LogP contribution in [0.4, 0.5) is 5.69 Å². The van der Waals surface area contributed by atoms with Gasteiger partial charge in [0.2, 0.25) is 5.91 Å². The molecule has 5 heteroatoms. The zero-order valence-electron chi connectivity index (χ0n) is 12.2. The molecule has 0 aliphatic carbocycles. The molecule has 20 heavy (non-hydrogen) atoms. The minimum Gasteiger partial charge on any atom is -0.491 e. The van der Waals surface area contributed by atoms with Gasteiger partial charge in [-0.25, -0.2) is 0 Å². The predicted molar refractivity (Wildman–Crippen MR) is 79.9 cm³/mol. The molecule has 1 rings (SSSR count). The Labute approximate surface area is 120 Å². The average molecular weight is 280 g/mol. The van der Waals surface area contributed by atoms with Gasteiger partial charge in [0, 0.05) is 18.9 Å². The summed E-state index contributed by atoms with van der Waals surface area (Å²) in [7, 11) is 1.62. The van der Waals surface area contributed by atoms with E-state index in [1.807, 2.05) is 18.2 Å². The minimum absolute atomic E-state index is 0.160. The van der Waals surface area contributed by atoms with Crippen LogP contribution < -0.4 is 15.8 Å². The molecule has 0 saturated carbocycles. The predicted octanol–water partition coefficient (Wildman–Crippen LogP) is 2.17. The highest BCUT2D eigenvalue weighted by atomic mass is 16.5. The fourth-order valence-corrected chi connectivity index (χ4v) is 1.70. The lowest BCUT2D eigenvalue weighted by atomic mass is 10.1. The molecular formula is C15H24N2O3. The first kappa shape index (κ1) is 16.5. The van der Waals surface area contributed by atoms with Crippen molar-refractivity contribution in [1.82, 2.24) is 0 Å². The van der Waals surface area contributed by atoms with Gasteiger partial charge in [-0.05, 0) is 18.6 Å². The summed E-state index contributed by atoms with van der Waals surface area (Å²) in [6.45, 7) is 3.08. The molecule has 1 amide bonds. The monoisotopic (exact) mass is 280 g/mol. The Bertz CT molecular complexity index is 410. The van der Waals surface area contributed by atoms with Gasteiger partial charge in [-0.1, -0.05) is 25.8 Å². The summed E-state index contributed by atoms with van der Waals surface area (Å²) in [6.07, 6.45) is 2.69. The van der Waals surface area contributed by atoms with Crippen LogP contribution in [0.25, 0.3) is 0 Å². The third-order valence-corrected chi connectivity index (χ3v) is 2.86. The lowest BCUT2D eigenvalue weighted by Crippen LogP contribution is -2.35. The van der Waals surface area contributed by atoms with Crippen LogP contribution in [0.15, 0.2) is 24.3 Å². The highest BCUT2D eigenvalue weighted by Crippen LogP contribution is 2.17. The van der Waals surface area contributed by atoms with Crippen LogP contribution in [-0.2, 0) is 9.53 Å². The van der Waals surface area contributed by atoms with Gasteiger partial charge in [0.1, 0.15) is 12.4 Å². The summed E-state index contributed by atoms with van der Waals surface area (Å²) >= 11 is 0. The molecule has 1 atom stereocenters. The molecule has 5 nitrogen and oxygen atoms in total. The number of carbonyl (C=O) groups excluding carboxylic acids is 1. The van der Waals surface area contributed by atoms with E-state index in [2.05, 4.69) is 12.2 Å². The van der Waals surface area contributed by atoms with Crippen LogP contribution in [-0.4, -0.2) is 32.3 Å². The lowest BCUT2D eigenvalue weighted by molar-refractivity contribution is -0.117. The van der Waals surface area contributed by atoms with E-state index in [-0.39, 0.29) is 5.91 Å². The molecule has 1 aromatic carbocycles. The molecule has 3 N–H and O–H groups in total. The first-order valence-corrected chi connectivity index (χ1v) is 6.95. The Balaban J connectivity index is 2.50. The second-order valence-corrected chi connectivity index (χ2v) is 4.61. The molecule has 112 valence electrons. The van der Waals surface area contributed by atoms with Gasteiger partial charge in [-0.3, -0.25) is 4.79 Å². The number of nitrogens with one attached hydrogen (secondary N) is 1. The van der Waals surface area contributed by atoms with Crippen molar-refractivity contribution in [2.75, 3.05) is 25.6 Å². The molecule has 1 unspecified atom stereocenters. The highest BCUT2D eigenvalue weighted by molar-refractivity contribution is 5.94. The van der Waals surface area contributed by atoms with Crippen LogP contribution in [0.3, 0.4) is 0 Å². The van der Waals surface area contributed by atoms with Crippen molar-refractivity contribution in [2.24, 2.45) is 5.73 Å². The quantitative estimate of drug-likeness (QED) is 0.680. The van der Waals surface area contributed by atoms with Crippen molar-refractivity contribution < 1.29 is 14.3 Å². The van der Waals surface area contributed by atoms with E-state index in [4.69, 9.17) is 15.2 Å². The molecule has 0 bridgehead atoms. The normalized spacial score (nSPS) is 11.9. The zero-order valence-corrected chi connectivity index (χ0v) is 12.2. The first-order chi connectivity index (χ1) is 9.67. The molecule has 0 spiro atoms. The van der Waals surface area contributed by atoms with Crippen molar-refractivity contribution in [3.63, 3.8) is 0 Å². The summed E-state index contributed by atoms with van der Waals surface area (Å²) < 4.78 is 10.4. The topological polar surface area (TPSA) is 73.6 Å². The Hall–Kier alpha value is -1.59. The largest absolute Gasteiger partial charge is 0.491 e. The lowest BCUT2D eigenvalue weighted by Gasteiger charge is -2.13. The number of unbranched alkanes of at least 4 members (excludes halogenated alkanes) is 1. The number of benzene rings is 1. The molecule has 1 aromatic rings. The van der Waals surface area contributed by atoms with Crippen molar-refractivity contribution >= 4 is 11.6 Å². The van der Waals surface area contributed by atoms with Gasteiger partial charge in [0.15, 0.2) is 0 Å². The van der Waals surface area contributed by atoms with Crippen molar-refractivity contribution in [1.29, 1.82) is 0 Å². The number of carbonyl (C=O) groups is 1. The highest BCUT2D eigenvalue weighted by Gasteiger charge is 2.12. The van der Waals surface area contributed by atoms with Crippen LogP contribution in [0.2, 0.25) is 0 Å². The Morgan fingerprint density at radius 3 is 2.90 bits per heavy atom. The maximum Gasteiger partial charge on any atom is 0.241 e. The maximum atomic E-state index is 11.9. The van der Waals surface area contributed by atoms with Crippen LogP contribution in [0.5, 0.6) is 5.75 Å². The molecule has 0 fully saturated rings. The maximum absolute atomic E-state index is 11.9. The van der Waals surface area contributed by atoms with Gasteiger partial charge in [0.05, 0.1) is 12.6 Å². The van der Waals surface area contributed by atoms with Gasteiger partial charge in [-0.15, -0.1) is 0 Å². The van der Waals surface area contributed by atoms with Crippen LogP contribution in [0, 0.1) is 0 Å². The van der Waals surface area contributed by atoms with Crippen molar-refractivity contribution in [3.05, 3.63) is 24.3 Å². The fraction of sp³-hybridized carbons (Fsp3) is 0.533. The summed E-state index contributed by atoms with van der Waals surface area (Å²) in [5.74, 6) is 0.537. The Morgan fingerprint density at radius 2 is 2.20 bits per heavy atom. The minimum atomic E-state index is -0.465. The van der Waals surface area contributed by atoms with E-state index in [0.29, 0.717) is 31.1 Å². The molecule has 0 saturated heterocycles. The van der Waals surface area contributed by atoms with Gasteiger partial charge < -0.3 is 20.5 Å². The third kappa shape index (κ3) is 6.04. The van der Waals surface area contributed by atoms with Gasteiger partial charge in [-0.2, -0.15) is 0 Å². The molecule has 0 aliphatic heterocycles. The van der Waals surface area contributed by atoms with E-state index < -0.39 is 6.04 Å². The molecule has 0 heterocycles. The number of ether oxygens (including phenoxy) is 2. The van der Waals surface area contributed by atoms with E-state index in [9.17, 15) is 4.79 Å². The number of rotatable bonds is 9. The SMILES string of the molecule is CCCCC(N)C(=O)Nc1cccc(OCCOC)c1. The molecule has 0 aromatic heterocycles. The van der Waals surface area contributed by atoms with E-state index in [1.54, 1.807) is 13.2 Å². The van der Waals surface area contributed by atoms with Crippen LogP contribution >= 0.6 is 0 Å². The third-order valence-electron chi connectivity index (χ3n) is 2.86. The number of hydrogen-bond donors (Lipinski definition) is 2. The van der Waals surface area contributed by atoms with Crippen molar-refractivity contribution in [2.45, 2.75) is 32.2 Å². The number of methoxy groups -OCH3 is 1. The molecule has 0 aliphatic rings. The zero-order chi connectivity index (χ0) is 14.8. The summed E-state index contributed by atoms with van der Waals surface area (Å²) in [6, 6.07) is 6.79. The van der Waals surface area contributed by atoms with Crippen molar-refractivity contribution in [3.8, 4) is 5.75 Å². The number of anilines is 1.